The molecule has 0 fully saturated rings. The molecule has 0 saturated carbocycles. The van der Waals surface area contributed by atoms with Crippen LogP contribution in [-0.2, 0) is 0 Å². The fourth-order valence-electron chi connectivity index (χ4n) is 0.867. The number of hydrogen-bond acceptors (Lipinski definition) is 2. The molecular weight excluding hydrogens is 130 g/mol. The minimum Gasteiger partial charge on any atom is -0.324 e. The summed E-state index contributed by atoms with van der Waals surface area (Å²) >= 11 is 1.75. The van der Waals surface area contributed by atoms with Gasteiger partial charge < -0.3 is 5.73 Å². The van der Waals surface area contributed by atoms with Crippen LogP contribution in [0.1, 0.15) is 23.4 Å². The van der Waals surface area contributed by atoms with Crippen LogP contribution >= 0.6 is 11.3 Å². The molecule has 1 heterocycles. The van der Waals surface area contributed by atoms with Gasteiger partial charge in [-0.15, -0.1) is 11.3 Å². The van der Waals surface area contributed by atoms with Gasteiger partial charge in [-0.2, -0.15) is 0 Å². The lowest BCUT2D eigenvalue weighted by molar-refractivity contribution is 0.816. The van der Waals surface area contributed by atoms with Gasteiger partial charge in [-0.05, 0) is 30.9 Å². The van der Waals surface area contributed by atoms with E-state index in [0.717, 1.165) is 0 Å². The number of nitrogens with two attached hydrogens (primary N) is 1. The predicted octanol–water partition coefficient (Wildman–Crippen LogP) is 2.08. The maximum Gasteiger partial charge on any atom is 0.0277 e. The zero-order chi connectivity index (χ0) is 6.85. The second kappa shape index (κ2) is 2.50. The highest BCUT2D eigenvalue weighted by Gasteiger charge is 2.02. The van der Waals surface area contributed by atoms with Gasteiger partial charge in [0.25, 0.3) is 0 Å². The third-order valence-corrected chi connectivity index (χ3v) is 2.25. The molecule has 1 aromatic rings. The van der Waals surface area contributed by atoms with Gasteiger partial charge in [-0.1, -0.05) is 0 Å². The van der Waals surface area contributed by atoms with Crippen LogP contribution in [-0.4, -0.2) is 0 Å². The Labute approximate surface area is 59.5 Å². The molecule has 1 rings (SSSR count). The lowest BCUT2D eigenvalue weighted by Gasteiger charge is -2.01. The SMILES string of the molecule is Cc1sccc1C(C)N. The zero-order valence-corrected chi connectivity index (χ0v) is 6.53. The summed E-state index contributed by atoms with van der Waals surface area (Å²) < 4.78 is 0. The van der Waals surface area contributed by atoms with Crippen molar-refractivity contribution in [3.63, 3.8) is 0 Å². The van der Waals surface area contributed by atoms with Gasteiger partial charge >= 0.3 is 0 Å². The summed E-state index contributed by atoms with van der Waals surface area (Å²) in [6.45, 7) is 4.11. The first kappa shape index (κ1) is 6.78. The minimum absolute atomic E-state index is 0.191. The van der Waals surface area contributed by atoms with Crippen molar-refractivity contribution >= 4 is 11.3 Å². The highest BCUT2D eigenvalue weighted by molar-refractivity contribution is 7.10. The lowest BCUT2D eigenvalue weighted by Crippen LogP contribution is -2.04. The third kappa shape index (κ3) is 1.32. The highest BCUT2D eigenvalue weighted by Crippen LogP contribution is 2.19. The molecule has 1 atom stereocenters. The molecule has 0 aliphatic heterocycles. The van der Waals surface area contributed by atoms with E-state index in [1.54, 1.807) is 11.3 Å². The number of aryl methyl sites for hydroxylation is 1. The second-order valence-electron chi connectivity index (χ2n) is 2.22. The average molecular weight is 141 g/mol. The van der Waals surface area contributed by atoms with Crippen molar-refractivity contribution in [1.82, 2.24) is 0 Å². The van der Waals surface area contributed by atoms with E-state index < -0.39 is 0 Å². The molecule has 0 radical (unpaired) electrons. The highest BCUT2D eigenvalue weighted by atomic mass is 32.1. The first-order valence-electron chi connectivity index (χ1n) is 3.01. The Hall–Kier alpha value is -0.340. The Morgan fingerprint density at radius 1 is 1.67 bits per heavy atom. The van der Waals surface area contributed by atoms with Crippen LogP contribution in [0.25, 0.3) is 0 Å². The first-order chi connectivity index (χ1) is 4.22. The van der Waals surface area contributed by atoms with Gasteiger partial charge in [0, 0.05) is 10.9 Å². The van der Waals surface area contributed by atoms with E-state index in [1.807, 2.05) is 6.92 Å². The van der Waals surface area contributed by atoms with Crippen molar-refractivity contribution in [3.05, 3.63) is 21.9 Å². The summed E-state index contributed by atoms with van der Waals surface area (Å²) in [4.78, 5) is 1.34. The monoisotopic (exact) mass is 141 g/mol. The van der Waals surface area contributed by atoms with Crippen LogP contribution in [0.2, 0.25) is 0 Å². The molecule has 1 unspecified atom stereocenters. The van der Waals surface area contributed by atoms with Crippen LogP contribution in [0.3, 0.4) is 0 Å². The van der Waals surface area contributed by atoms with Gasteiger partial charge in [0.1, 0.15) is 0 Å². The van der Waals surface area contributed by atoms with Gasteiger partial charge in [-0.3, -0.25) is 0 Å². The Bertz CT molecular complexity index is 191. The van der Waals surface area contributed by atoms with E-state index in [9.17, 15) is 0 Å². The molecule has 2 heteroatoms. The summed E-state index contributed by atoms with van der Waals surface area (Å²) in [6.07, 6.45) is 0. The Balaban J connectivity index is 2.94. The standard InChI is InChI=1S/C7H11NS/c1-5(8)7-3-4-9-6(7)2/h3-5H,8H2,1-2H3. The first-order valence-corrected chi connectivity index (χ1v) is 3.89. The molecule has 1 aromatic heterocycles. The predicted molar refractivity (Wildman–Crippen MR) is 41.7 cm³/mol. The molecule has 0 aromatic carbocycles. The molecule has 2 N–H and O–H groups in total. The molecule has 0 amide bonds. The fraction of sp³-hybridized carbons (Fsp3) is 0.429. The molecular formula is C7H11NS. The van der Waals surface area contributed by atoms with Gasteiger partial charge in [0.2, 0.25) is 0 Å². The summed E-state index contributed by atoms with van der Waals surface area (Å²) in [7, 11) is 0. The maximum absolute atomic E-state index is 5.67. The summed E-state index contributed by atoms with van der Waals surface area (Å²) in [5.74, 6) is 0. The van der Waals surface area contributed by atoms with Crippen molar-refractivity contribution in [2.24, 2.45) is 5.73 Å². The molecule has 0 bridgehead atoms. The summed E-state index contributed by atoms with van der Waals surface area (Å²) in [6, 6.07) is 2.28. The third-order valence-electron chi connectivity index (χ3n) is 1.39. The summed E-state index contributed by atoms with van der Waals surface area (Å²) in [5, 5.41) is 2.08. The summed E-state index contributed by atoms with van der Waals surface area (Å²) in [5.41, 5.74) is 6.94. The normalized spacial score (nSPS) is 13.7. The van der Waals surface area contributed by atoms with Crippen LogP contribution in [0, 0.1) is 6.92 Å². The van der Waals surface area contributed by atoms with Crippen LogP contribution < -0.4 is 5.73 Å². The van der Waals surface area contributed by atoms with Crippen molar-refractivity contribution in [2.45, 2.75) is 19.9 Å². The average Bonchev–Trinajstić information content (AvgIpc) is 2.13. The molecule has 0 spiro atoms. The number of thiophene rings is 1. The molecule has 0 aliphatic rings. The Morgan fingerprint density at radius 2 is 2.33 bits per heavy atom. The van der Waals surface area contributed by atoms with Crippen molar-refractivity contribution in [1.29, 1.82) is 0 Å². The molecule has 0 aliphatic carbocycles. The zero-order valence-electron chi connectivity index (χ0n) is 5.72. The van der Waals surface area contributed by atoms with E-state index in [1.165, 1.54) is 10.4 Å². The van der Waals surface area contributed by atoms with E-state index in [0.29, 0.717) is 0 Å². The minimum atomic E-state index is 0.191. The largest absolute Gasteiger partial charge is 0.324 e. The number of rotatable bonds is 1. The second-order valence-corrected chi connectivity index (χ2v) is 3.34. The van der Waals surface area contributed by atoms with Crippen LogP contribution in [0.5, 0.6) is 0 Å². The van der Waals surface area contributed by atoms with Crippen molar-refractivity contribution < 1.29 is 0 Å². The van der Waals surface area contributed by atoms with Crippen molar-refractivity contribution in [2.75, 3.05) is 0 Å². The van der Waals surface area contributed by atoms with Gasteiger partial charge in [-0.25, -0.2) is 0 Å². The van der Waals surface area contributed by atoms with Gasteiger partial charge in [0.15, 0.2) is 0 Å². The maximum atomic E-state index is 5.67. The van der Waals surface area contributed by atoms with E-state index in [2.05, 4.69) is 18.4 Å². The fourth-order valence-corrected chi connectivity index (χ4v) is 1.68. The molecule has 9 heavy (non-hydrogen) atoms. The lowest BCUT2D eigenvalue weighted by atomic mass is 10.1. The molecule has 0 saturated heterocycles. The van der Waals surface area contributed by atoms with Gasteiger partial charge in [0.05, 0.1) is 0 Å². The quantitative estimate of drug-likeness (QED) is 0.636. The van der Waals surface area contributed by atoms with E-state index >= 15 is 0 Å². The molecule has 1 nitrogen and oxygen atoms in total. The van der Waals surface area contributed by atoms with E-state index in [4.69, 9.17) is 5.73 Å². The Kier molecular flexibility index (Phi) is 1.88. The number of hydrogen-bond donors (Lipinski definition) is 1. The Morgan fingerprint density at radius 3 is 2.56 bits per heavy atom. The smallest absolute Gasteiger partial charge is 0.0277 e. The molecule has 50 valence electrons. The topological polar surface area (TPSA) is 26.0 Å². The van der Waals surface area contributed by atoms with Crippen LogP contribution in [0.4, 0.5) is 0 Å². The van der Waals surface area contributed by atoms with Crippen LogP contribution in [0.15, 0.2) is 11.4 Å². The van der Waals surface area contributed by atoms with E-state index in [-0.39, 0.29) is 6.04 Å². The van der Waals surface area contributed by atoms with Crippen molar-refractivity contribution in [3.8, 4) is 0 Å².